The maximum Gasteiger partial charge on any atom is 0.164 e. The standard InChI is InChI=1S/C40H27N5/c1-3-11-29(12-4-1)38-42-39(30-13-5-2-6-14-30)44-40(43-38)31-22-20-28(21-23-31)32-15-9-16-33(25-32)34-17-10-18-35(26-34)36-27-45-24-8-7-19-37(45)41-36/h1-27H. The highest BCUT2D eigenvalue weighted by Crippen LogP contribution is 2.31. The third kappa shape index (κ3) is 5.39. The zero-order valence-corrected chi connectivity index (χ0v) is 24.3. The second kappa shape index (κ2) is 11.5. The van der Waals surface area contributed by atoms with E-state index in [1.54, 1.807) is 0 Å². The van der Waals surface area contributed by atoms with Crippen molar-refractivity contribution in [2.45, 2.75) is 0 Å². The van der Waals surface area contributed by atoms with E-state index in [0.717, 1.165) is 55.8 Å². The topological polar surface area (TPSA) is 56.0 Å². The Hall–Kier alpha value is -6.20. The summed E-state index contributed by atoms with van der Waals surface area (Å²) in [6.07, 6.45) is 4.10. The number of hydrogen-bond donors (Lipinski definition) is 0. The highest BCUT2D eigenvalue weighted by molar-refractivity contribution is 5.77. The minimum atomic E-state index is 0.645. The Morgan fingerprint density at radius 1 is 0.333 bits per heavy atom. The third-order valence-electron chi connectivity index (χ3n) is 7.89. The van der Waals surface area contributed by atoms with E-state index in [2.05, 4.69) is 79.0 Å². The molecule has 0 aliphatic carbocycles. The molecule has 212 valence electrons. The van der Waals surface area contributed by atoms with Crippen LogP contribution < -0.4 is 0 Å². The maximum absolute atomic E-state index is 4.87. The summed E-state index contributed by atoms with van der Waals surface area (Å²) in [5.41, 5.74) is 10.4. The van der Waals surface area contributed by atoms with Gasteiger partial charge in [0.2, 0.25) is 0 Å². The van der Waals surface area contributed by atoms with Crippen molar-refractivity contribution < 1.29 is 0 Å². The molecule has 8 rings (SSSR count). The van der Waals surface area contributed by atoms with E-state index in [4.69, 9.17) is 19.9 Å². The molecule has 0 unspecified atom stereocenters. The fraction of sp³-hybridized carbons (Fsp3) is 0. The van der Waals surface area contributed by atoms with Crippen LogP contribution in [0.2, 0.25) is 0 Å². The number of nitrogens with zero attached hydrogens (tertiary/aromatic N) is 5. The Morgan fingerprint density at radius 2 is 0.778 bits per heavy atom. The van der Waals surface area contributed by atoms with Crippen LogP contribution in [0, 0.1) is 0 Å². The van der Waals surface area contributed by atoms with Crippen molar-refractivity contribution in [2.75, 3.05) is 0 Å². The van der Waals surface area contributed by atoms with Crippen molar-refractivity contribution in [3.63, 3.8) is 0 Å². The first kappa shape index (κ1) is 26.4. The molecule has 3 aromatic heterocycles. The number of benzene rings is 5. The molecule has 5 nitrogen and oxygen atoms in total. The first-order valence-corrected chi connectivity index (χ1v) is 14.9. The summed E-state index contributed by atoms with van der Waals surface area (Å²) < 4.78 is 2.05. The molecule has 0 saturated carbocycles. The average molecular weight is 578 g/mol. The first-order valence-electron chi connectivity index (χ1n) is 14.9. The smallest absolute Gasteiger partial charge is 0.164 e. The Kier molecular flexibility index (Phi) is 6.74. The van der Waals surface area contributed by atoms with Gasteiger partial charge < -0.3 is 4.40 Å². The van der Waals surface area contributed by atoms with Gasteiger partial charge in [0.1, 0.15) is 5.65 Å². The van der Waals surface area contributed by atoms with Crippen molar-refractivity contribution in [3.8, 4) is 67.7 Å². The van der Waals surface area contributed by atoms with Crippen molar-refractivity contribution in [3.05, 3.63) is 164 Å². The first-order chi connectivity index (χ1) is 22.3. The van der Waals surface area contributed by atoms with Gasteiger partial charge in [0.25, 0.3) is 0 Å². The van der Waals surface area contributed by atoms with E-state index in [1.165, 1.54) is 0 Å². The second-order valence-corrected chi connectivity index (χ2v) is 10.9. The third-order valence-corrected chi connectivity index (χ3v) is 7.89. The molecule has 0 N–H and O–H groups in total. The molecular formula is C40H27N5. The highest BCUT2D eigenvalue weighted by atomic mass is 15.0. The molecule has 8 aromatic rings. The van der Waals surface area contributed by atoms with Crippen LogP contribution in [-0.4, -0.2) is 24.3 Å². The van der Waals surface area contributed by atoms with Crippen LogP contribution in [0.25, 0.3) is 73.3 Å². The zero-order chi connectivity index (χ0) is 30.0. The fourth-order valence-electron chi connectivity index (χ4n) is 5.56. The van der Waals surface area contributed by atoms with Gasteiger partial charge in [0.05, 0.1) is 5.69 Å². The quantitative estimate of drug-likeness (QED) is 0.197. The highest BCUT2D eigenvalue weighted by Gasteiger charge is 2.13. The fourth-order valence-corrected chi connectivity index (χ4v) is 5.56. The van der Waals surface area contributed by atoms with E-state index in [9.17, 15) is 0 Å². The molecule has 0 amide bonds. The SMILES string of the molecule is c1ccc(-c2nc(-c3ccccc3)nc(-c3ccc(-c4cccc(-c5cccc(-c6cn7ccccc7n6)c5)c4)cc3)n2)cc1. The van der Waals surface area contributed by atoms with Crippen LogP contribution in [0.3, 0.4) is 0 Å². The van der Waals surface area contributed by atoms with Crippen LogP contribution in [0.1, 0.15) is 0 Å². The Labute approximate surface area is 261 Å². The molecule has 0 fully saturated rings. The summed E-state index contributed by atoms with van der Waals surface area (Å²) >= 11 is 0. The summed E-state index contributed by atoms with van der Waals surface area (Å²) in [5.74, 6) is 1.95. The molecule has 0 saturated heterocycles. The lowest BCUT2D eigenvalue weighted by Gasteiger charge is -2.10. The number of imidazole rings is 1. The predicted octanol–water partition coefficient (Wildman–Crippen LogP) is 9.52. The minimum absolute atomic E-state index is 0.645. The number of fused-ring (bicyclic) bond motifs is 1. The molecule has 3 heterocycles. The monoisotopic (exact) mass is 577 g/mol. The summed E-state index contributed by atoms with van der Waals surface area (Å²) in [4.78, 5) is 19.4. The normalized spacial score (nSPS) is 11.1. The van der Waals surface area contributed by atoms with Crippen molar-refractivity contribution in [1.82, 2.24) is 24.3 Å². The molecule has 45 heavy (non-hydrogen) atoms. The summed E-state index contributed by atoms with van der Waals surface area (Å²) in [6, 6.07) is 51.8. The Morgan fingerprint density at radius 3 is 1.36 bits per heavy atom. The van der Waals surface area contributed by atoms with Gasteiger partial charge in [-0.25, -0.2) is 19.9 Å². The molecule has 0 aliphatic heterocycles. The van der Waals surface area contributed by atoms with E-state index >= 15 is 0 Å². The Bertz CT molecular complexity index is 2160. The number of pyridine rings is 1. The predicted molar refractivity (Wildman–Crippen MR) is 181 cm³/mol. The molecular weight excluding hydrogens is 550 g/mol. The zero-order valence-electron chi connectivity index (χ0n) is 24.3. The van der Waals surface area contributed by atoms with Gasteiger partial charge in [-0.05, 0) is 46.5 Å². The molecule has 5 heteroatoms. The maximum atomic E-state index is 4.87. The number of hydrogen-bond acceptors (Lipinski definition) is 4. The van der Waals surface area contributed by atoms with E-state index in [-0.39, 0.29) is 0 Å². The Balaban J connectivity index is 1.11. The van der Waals surface area contributed by atoms with Crippen LogP contribution >= 0.6 is 0 Å². The van der Waals surface area contributed by atoms with Gasteiger partial charge in [0, 0.05) is 34.6 Å². The van der Waals surface area contributed by atoms with Crippen LogP contribution in [0.4, 0.5) is 0 Å². The number of rotatable bonds is 6. The second-order valence-electron chi connectivity index (χ2n) is 10.9. The van der Waals surface area contributed by atoms with E-state index in [0.29, 0.717) is 17.5 Å². The molecule has 0 radical (unpaired) electrons. The van der Waals surface area contributed by atoms with Crippen molar-refractivity contribution in [2.24, 2.45) is 0 Å². The lowest BCUT2D eigenvalue weighted by Crippen LogP contribution is -2.00. The van der Waals surface area contributed by atoms with Gasteiger partial charge in [-0.2, -0.15) is 0 Å². The van der Waals surface area contributed by atoms with Crippen molar-refractivity contribution >= 4 is 5.65 Å². The lowest BCUT2D eigenvalue weighted by molar-refractivity contribution is 1.07. The van der Waals surface area contributed by atoms with Gasteiger partial charge >= 0.3 is 0 Å². The molecule has 0 atom stereocenters. The van der Waals surface area contributed by atoms with Gasteiger partial charge in [-0.15, -0.1) is 0 Å². The van der Waals surface area contributed by atoms with Crippen LogP contribution in [0.5, 0.6) is 0 Å². The number of aromatic nitrogens is 5. The molecule has 0 spiro atoms. The van der Waals surface area contributed by atoms with Crippen LogP contribution in [0.15, 0.2) is 164 Å². The van der Waals surface area contributed by atoms with Gasteiger partial charge in [-0.1, -0.05) is 127 Å². The summed E-state index contributed by atoms with van der Waals surface area (Å²) in [5, 5.41) is 0. The van der Waals surface area contributed by atoms with Crippen molar-refractivity contribution in [1.29, 1.82) is 0 Å². The summed E-state index contributed by atoms with van der Waals surface area (Å²) in [6.45, 7) is 0. The summed E-state index contributed by atoms with van der Waals surface area (Å²) in [7, 11) is 0. The molecule has 5 aromatic carbocycles. The van der Waals surface area contributed by atoms with Gasteiger partial charge in [0.15, 0.2) is 17.5 Å². The van der Waals surface area contributed by atoms with Crippen LogP contribution in [-0.2, 0) is 0 Å². The molecule has 0 bridgehead atoms. The largest absolute Gasteiger partial charge is 0.306 e. The average Bonchev–Trinajstić information content (AvgIpc) is 3.57. The van der Waals surface area contributed by atoms with E-state index < -0.39 is 0 Å². The molecule has 0 aliphatic rings. The lowest BCUT2D eigenvalue weighted by atomic mass is 9.97. The van der Waals surface area contributed by atoms with E-state index in [1.807, 2.05) is 89.5 Å². The van der Waals surface area contributed by atoms with Gasteiger partial charge in [-0.3, -0.25) is 0 Å². The minimum Gasteiger partial charge on any atom is -0.306 e.